The van der Waals surface area contributed by atoms with Crippen molar-refractivity contribution in [1.29, 1.82) is 0 Å². The zero-order valence-corrected chi connectivity index (χ0v) is 13.2. The number of nitrogens with one attached hydrogen (secondary N) is 1. The second-order valence-corrected chi connectivity index (χ2v) is 6.45. The molecule has 1 aromatic carbocycles. The average molecular weight is 352 g/mol. The van der Waals surface area contributed by atoms with Crippen molar-refractivity contribution >= 4 is 33.9 Å². The number of halogens is 1. The number of carboxylic acids is 1. The van der Waals surface area contributed by atoms with Gasteiger partial charge in [-0.1, -0.05) is 34.5 Å². The van der Waals surface area contributed by atoms with Gasteiger partial charge < -0.3 is 10.4 Å². The van der Waals surface area contributed by atoms with E-state index in [-0.39, 0.29) is 17.7 Å². The lowest BCUT2D eigenvalue weighted by Gasteiger charge is -2.40. The third kappa shape index (κ3) is 4.70. The molecule has 0 radical (unpaired) electrons. The first-order valence-corrected chi connectivity index (χ1v) is 7.72. The third-order valence-electron chi connectivity index (χ3n) is 3.85. The van der Waals surface area contributed by atoms with E-state index in [1.165, 1.54) is 6.08 Å². The summed E-state index contributed by atoms with van der Waals surface area (Å²) in [5.74, 6) is -0.986. The van der Waals surface area contributed by atoms with Crippen LogP contribution in [0.1, 0.15) is 31.2 Å². The quantitative estimate of drug-likeness (QED) is 0.773. The van der Waals surface area contributed by atoms with Crippen LogP contribution >= 0.6 is 15.9 Å². The molecule has 21 heavy (non-hydrogen) atoms. The molecule has 1 saturated carbocycles. The molecule has 0 aliphatic heterocycles. The average Bonchev–Trinajstić information content (AvgIpc) is 2.39. The molecular weight excluding hydrogens is 334 g/mol. The van der Waals surface area contributed by atoms with Crippen molar-refractivity contribution < 1.29 is 14.7 Å². The standard InChI is InChI=1S/C16H18BrNO3/c17-13-4-1-3-12(9-13)5-6-14(19)18-11-16(7-2-8-16)10-15(20)21/h1,3-6,9H,2,7-8,10-11H2,(H,18,19)(H,20,21)/b6-5+. The molecule has 1 aliphatic rings. The van der Waals surface area contributed by atoms with Gasteiger partial charge in [-0.2, -0.15) is 0 Å². The van der Waals surface area contributed by atoms with Gasteiger partial charge in [-0.05, 0) is 42.0 Å². The third-order valence-corrected chi connectivity index (χ3v) is 4.35. The van der Waals surface area contributed by atoms with Gasteiger partial charge >= 0.3 is 5.97 Å². The number of amides is 1. The zero-order chi connectivity index (χ0) is 15.3. The van der Waals surface area contributed by atoms with Crippen molar-refractivity contribution in [2.75, 3.05) is 6.54 Å². The molecule has 0 atom stereocenters. The number of carbonyl (C=O) groups excluding carboxylic acids is 1. The van der Waals surface area contributed by atoms with Gasteiger partial charge in [0.1, 0.15) is 0 Å². The Labute approximate surface area is 132 Å². The van der Waals surface area contributed by atoms with Crippen molar-refractivity contribution in [3.8, 4) is 0 Å². The topological polar surface area (TPSA) is 66.4 Å². The molecular formula is C16H18BrNO3. The van der Waals surface area contributed by atoms with E-state index in [9.17, 15) is 9.59 Å². The summed E-state index contributed by atoms with van der Waals surface area (Å²) in [7, 11) is 0. The lowest BCUT2D eigenvalue weighted by Crippen LogP contribution is -2.43. The normalized spacial score (nSPS) is 16.4. The van der Waals surface area contributed by atoms with Gasteiger partial charge in [-0.25, -0.2) is 0 Å². The molecule has 112 valence electrons. The van der Waals surface area contributed by atoms with Gasteiger partial charge in [0.05, 0.1) is 6.42 Å². The van der Waals surface area contributed by atoms with E-state index in [0.717, 1.165) is 29.3 Å². The minimum absolute atomic E-state index is 0.128. The zero-order valence-electron chi connectivity index (χ0n) is 11.6. The van der Waals surface area contributed by atoms with Crippen LogP contribution in [0.4, 0.5) is 0 Å². The van der Waals surface area contributed by atoms with Crippen molar-refractivity contribution in [3.63, 3.8) is 0 Å². The van der Waals surface area contributed by atoms with Crippen molar-refractivity contribution in [2.24, 2.45) is 5.41 Å². The molecule has 0 aromatic heterocycles. The summed E-state index contributed by atoms with van der Waals surface area (Å²) in [4.78, 5) is 22.7. The van der Waals surface area contributed by atoms with E-state index >= 15 is 0 Å². The predicted octanol–water partition coefficient (Wildman–Crippen LogP) is 3.22. The fourth-order valence-corrected chi connectivity index (χ4v) is 2.95. The number of benzene rings is 1. The Kier molecular flexibility index (Phi) is 5.17. The van der Waals surface area contributed by atoms with Crippen LogP contribution in [0.15, 0.2) is 34.8 Å². The van der Waals surface area contributed by atoms with Crippen molar-refractivity contribution in [2.45, 2.75) is 25.7 Å². The van der Waals surface area contributed by atoms with E-state index in [4.69, 9.17) is 5.11 Å². The SMILES string of the molecule is O=C(O)CC1(CNC(=O)/C=C/c2cccc(Br)c2)CCC1. The summed E-state index contributed by atoms with van der Waals surface area (Å²) in [6.45, 7) is 0.432. The van der Waals surface area contributed by atoms with E-state index in [1.54, 1.807) is 6.08 Å². The Balaban J connectivity index is 1.86. The Bertz CT molecular complexity index is 564. The van der Waals surface area contributed by atoms with Crippen LogP contribution in [0.2, 0.25) is 0 Å². The number of hydrogen-bond acceptors (Lipinski definition) is 2. The van der Waals surface area contributed by atoms with Gasteiger partial charge in [-0.15, -0.1) is 0 Å². The smallest absolute Gasteiger partial charge is 0.303 e. The Morgan fingerprint density at radius 1 is 1.38 bits per heavy atom. The highest BCUT2D eigenvalue weighted by Gasteiger charge is 2.38. The largest absolute Gasteiger partial charge is 0.481 e. The summed E-state index contributed by atoms with van der Waals surface area (Å²) in [6, 6.07) is 7.65. The molecule has 1 aromatic rings. The maximum atomic E-state index is 11.8. The minimum atomic E-state index is -0.798. The number of hydrogen-bond donors (Lipinski definition) is 2. The molecule has 0 spiro atoms. The molecule has 0 bridgehead atoms. The monoisotopic (exact) mass is 351 g/mol. The lowest BCUT2D eigenvalue weighted by atomic mass is 9.66. The minimum Gasteiger partial charge on any atom is -0.481 e. The summed E-state index contributed by atoms with van der Waals surface area (Å²) in [5, 5.41) is 11.7. The van der Waals surface area contributed by atoms with Crippen LogP contribution < -0.4 is 5.32 Å². The second kappa shape index (κ2) is 6.89. The molecule has 0 saturated heterocycles. The molecule has 2 rings (SSSR count). The summed E-state index contributed by atoms with van der Waals surface area (Å²) in [5.41, 5.74) is 0.689. The van der Waals surface area contributed by atoms with Gasteiger partial charge in [0.2, 0.25) is 5.91 Å². The molecule has 2 N–H and O–H groups in total. The van der Waals surface area contributed by atoms with E-state index < -0.39 is 5.97 Å². The number of aliphatic carboxylic acids is 1. The molecule has 1 fully saturated rings. The Hall–Kier alpha value is -1.62. The van der Waals surface area contributed by atoms with E-state index in [0.29, 0.717) is 6.54 Å². The van der Waals surface area contributed by atoms with E-state index in [1.807, 2.05) is 24.3 Å². The van der Waals surface area contributed by atoms with Crippen LogP contribution in [0, 0.1) is 5.41 Å². The molecule has 1 aliphatic carbocycles. The van der Waals surface area contributed by atoms with Crippen LogP contribution in [0.25, 0.3) is 6.08 Å². The number of carbonyl (C=O) groups is 2. The van der Waals surface area contributed by atoms with Crippen molar-refractivity contribution in [3.05, 3.63) is 40.4 Å². The second-order valence-electron chi connectivity index (χ2n) is 5.53. The highest BCUT2D eigenvalue weighted by molar-refractivity contribution is 9.10. The number of rotatable bonds is 6. The molecule has 1 amide bonds. The van der Waals surface area contributed by atoms with E-state index in [2.05, 4.69) is 21.2 Å². The van der Waals surface area contributed by atoms with Gasteiger partial charge in [0.15, 0.2) is 0 Å². The first-order valence-electron chi connectivity index (χ1n) is 6.92. The maximum absolute atomic E-state index is 11.8. The molecule has 0 heterocycles. The van der Waals surface area contributed by atoms with Crippen LogP contribution in [0.3, 0.4) is 0 Å². The predicted molar refractivity (Wildman–Crippen MR) is 84.7 cm³/mol. The molecule has 5 heteroatoms. The van der Waals surface area contributed by atoms with Crippen molar-refractivity contribution in [1.82, 2.24) is 5.32 Å². The maximum Gasteiger partial charge on any atom is 0.303 e. The Morgan fingerprint density at radius 2 is 2.14 bits per heavy atom. The molecule has 0 unspecified atom stereocenters. The van der Waals surface area contributed by atoms with Gasteiger partial charge in [0.25, 0.3) is 0 Å². The Morgan fingerprint density at radius 3 is 2.71 bits per heavy atom. The molecule has 4 nitrogen and oxygen atoms in total. The van der Waals surface area contributed by atoms with Crippen LogP contribution in [-0.2, 0) is 9.59 Å². The fourth-order valence-electron chi connectivity index (χ4n) is 2.53. The highest BCUT2D eigenvalue weighted by Crippen LogP contribution is 2.43. The summed E-state index contributed by atoms with van der Waals surface area (Å²) in [6.07, 6.45) is 6.13. The fraction of sp³-hybridized carbons (Fsp3) is 0.375. The van der Waals surface area contributed by atoms with Crippen LogP contribution in [0.5, 0.6) is 0 Å². The summed E-state index contributed by atoms with van der Waals surface area (Å²) < 4.78 is 0.958. The highest BCUT2D eigenvalue weighted by atomic mass is 79.9. The first kappa shape index (κ1) is 15.8. The van der Waals surface area contributed by atoms with Crippen LogP contribution in [-0.4, -0.2) is 23.5 Å². The van der Waals surface area contributed by atoms with Gasteiger partial charge in [-0.3, -0.25) is 9.59 Å². The lowest BCUT2D eigenvalue weighted by molar-refractivity contribution is -0.141. The van der Waals surface area contributed by atoms with Gasteiger partial charge in [0, 0.05) is 17.1 Å². The number of carboxylic acid groups (broad SMARTS) is 1. The first-order chi connectivity index (χ1) is 9.99. The summed E-state index contributed by atoms with van der Waals surface area (Å²) >= 11 is 3.38.